The van der Waals surface area contributed by atoms with Gasteiger partial charge in [0.2, 0.25) is 11.8 Å². The molecule has 3 heterocycles. The molecule has 2 aliphatic rings. The van der Waals surface area contributed by atoms with Crippen LogP contribution in [0, 0.1) is 13.8 Å². The molecule has 29 heavy (non-hydrogen) atoms. The number of likely N-dealkylation sites (tertiary alicyclic amines) is 1. The molecule has 2 amide bonds. The Labute approximate surface area is 170 Å². The zero-order valence-electron chi connectivity index (χ0n) is 17.2. The number of carbonyl (C=O) groups excluding carboxylic acids is 2. The van der Waals surface area contributed by atoms with Crippen molar-refractivity contribution in [3.63, 3.8) is 0 Å². The Bertz CT molecular complexity index is 940. The summed E-state index contributed by atoms with van der Waals surface area (Å²) in [7, 11) is 0. The number of aryl methyl sites for hydroxylation is 2. The monoisotopic (exact) mass is 397 g/mol. The van der Waals surface area contributed by atoms with E-state index in [9.17, 15) is 9.59 Å². The average molecular weight is 397 g/mol. The molecule has 0 radical (unpaired) electrons. The van der Waals surface area contributed by atoms with Crippen LogP contribution in [0.25, 0.3) is 0 Å². The molecule has 1 fully saturated rings. The molecular weight excluding hydrogens is 370 g/mol. The molecular formula is C21H27N5O3. The lowest BCUT2D eigenvalue weighted by Crippen LogP contribution is -2.58. The predicted molar refractivity (Wildman–Crippen MR) is 106 cm³/mol. The third-order valence-corrected chi connectivity index (χ3v) is 5.72. The molecule has 1 aromatic carbocycles. The maximum absolute atomic E-state index is 13.0. The second-order valence-corrected chi connectivity index (χ2v) is 8.05. The molecule has 1 unspecified atom stereocenters. The number of ether oxygens (including phenoxy) is 1. The van der Waals surface area contributed by atoms with E-state index >= 15 is 0 Å². The van der Waals surface area contributed by atoms with E-state index in [1.807, 2.05) is 47.9 Å². The number of piperidine rings is 1. The first-order valence-corrected chi connectivity index (χ1v) is 10.0. The van der Waals surface area contributed by atoms with Gasteiger partial charge in [-0.15, -0.1) is 0 Å². The molecule has 2 aromatic rings. The zero-order chi connectivity index (χ0) is 20.6. The van der Waals surface area contributed by atoms with E-state index in [1.165, 1.54) is 0 Å². The number of nitrogens with zero attached hydrogens (tertiary/aromatic N) is 5. The maximum Gasteiger partial charge on any atom is 0.244 e. The van der Waals surface area contributed by atoms with Gasteiger partial charge in [-0.25, -0.2) is 9.67 Å². The van der Waals surface area contributed by atoms with Crippen LogP contribution in [-0.2, 0) is 22.7 Å². The van der Waals surface area contributed by atoms with E-state index in [4.69, 9.17) is 4.74 Å². The Hall–Kier alpha value is -2.90. The molecule has 1 aromatic heterocycles. The number of carbonyl (C=O) groups is 2. The van der Waals surface area contributed by atoms with Gasteiger partial charge in [0.15, 0.2) is 0 Å². The van der Waals surface area contributed by atoms with Crippen molar-refractivity contribution in [1.29, 1.82) is 0 Å². The van der Waals surface area contributed by atoms with Gasteiger partial charge in [0, 0.05) is 25.6 Å². The molecule has 1 saturated heterocycles. The summed E-state index contributed by atoms with van der Waals surface area (Å²) < 4.78 is 8.14. The van der Waals surface area contributed by atoms with Crippen LogP contribution in [0.4, 0.5) is 0 Å². The number of aromatic nitrogens is 3. The van der Waals surface area contributed by atoms with Crippen molar-refractivity contribution in [1.82, 2.24) is 24.6 Å². The van der Waals surface area contributed by atoms with Crippen molar-refractivity contribution in [2.45, 2.75) is 52.3 Å². The molecule has 8 heteroatoms. The highest BCUT2D eigenvalue weighted by atomic mass is 16.5. The normalized spacial score (nSPS) is 21.5. The Morgan fingerprint density at radius 3 is 2.66 bits per heavy atom. The summed E-state index contributed by atoms with van der Waals surface area (Å²) in [4.78, 5) is 33.2. The summed E-state index contributed by atoms with van der Waals surface area (Å²) in [6.07, 6.45) is 1.63. The lowest BCUT2D eigenvalue weighted by Gasteiger charge is -2.43. The summed E-state index contributed by atoms with van der Waals surface area (Å²) >= 11 is 0. The molecule has 8 nitrogen and oxygen atoms in total. The second kappa shape index (κ2) is 7.50. The summed E-state index contributed by atoms with van der Waals surface area (Å²) in [5.74, 6) is 2.19. The largest absolute Gasteiger partial charge is 0.483 e. The second-order valence-electron chi connectivity index (χ2n) is 8.05. The van der Waals surface area contributed by atoms with Gasteiger partial charge in [-0.2, -0.15) is 5.10 Å². The number of hydrogen-bond acceptors (Lipinski definition) is 5. The predicted octanol–water partition coefficient (Wildman–Crippen LogP) is 1.70. The Morgan fingerprint density at radius 1 is 1.17 bits per heavy atom. The fraction of sp³-hybridized carbons (Fsp3) is 0.524. The first-order chi connectivity index (χ1) is 13.8. The first-order valence-electron chi connectivity index (χ1n) is 10.0. The Morgan fingerprint density at radius 2 is 1.93 bits per heavy atom. The van der Waals surface area contributed by atoms with Crippen LogP contribution in [0.2, 0.25) is 0 Å². The fourth-order valence-electron chi connectivity index (χ4n) is 4.29. The summed E-state index contributed by atoms with van der Waals surface area (Å²) in [6, 6.07) is 7.84. The zero-order valence-corrected chi connectivity index (χ0v) is 17.2. The Balaban J connectivity index is 1.57. The van der Waals surface area contributed by atoms with E-state index < -0.39 is 5.60 Å². The fourth-order valence-corrected chi connectivity index (χ4v) is 4.29. The van der Waals surface area contributed by atoms with Gasteiger partial charge in [0.05, 0.1) is 13.1 Å². The average Bonchev–Trinajstić information content (AvgIpc) is 2.90. The van der Waals surface area contributed by atoms with Crippen LogP contribution in [0.3, 0.4) is 0 Å². The molecule has 4 rings (SSSR count). The molecule has 0 aliphatic carbocycles. The van der Waals surface area contributed by atoms with Crippen LogP contribution < -0.4 is 4.74 Å². The molecule has 0 N–H and O–H groups in total. The summed E-state index contributed by atoms with van der Waals surface area (Å²) in [6.45, 7) is 7.55. The van der Waals surface area contributed by atoms with Crippen LogP contribution in [-0.4, -0.2) is 61.6 Å². The highest BCUT2D eigenvalue weighted by molar-refractivity contribution is 5.76. The first kappa shape index (κ1) is 19.4. The van der Waals surface area contributed by atoms with Crippen LogP contribution in [0.1, 0.15) is 37.0 Å². The van der Waals surface area contributed by atoms with E-state index in [1.54, 1.807) is 11.6 Å². The number of amides is 2. The van der Waals surface area contributed by atoms with Gasteiger partial charge >= 0.3 is 0 Å². The van der Waals surface area contributed by atoms with Crippen LogP contribution >= 0.6 is 0 Å². The molecule has 1 atom stereocenters. The minimum atomic E-state index is -0.598. The van der Waals surface area contributed by atoms with Crippen molar-refractivity contribution in [2.75, 3.05) is 19.6 Å². The van der Waals surface area contributed by atoms with E-state index in [0.29, 0.717) is 32.0 Å². The third kappa shape index (κ3) is 3.97. The standard InChI is InChI=1S/C21H27N5O3/c1-15-22-16(2)26(23-15)12-20(28)24-10-6-9-21(13-24)14-25(17(3)27)11-18-7-4-5-8-19(18)29-21/h4-5,7-8H,6,9-14H2,1-3H3. The Kier molecular flexibility index (Phi) is 5.02. The topological polar surface area (TPSA) is 80.6 Å². The maximum atomic E-state index is 13.0. The highest BCUT2D eigenvalue weighted by Crippen LogP contribution is 2.34. The molecule has 2 aliphatic heterocycles. The van der Waals surface area contributed by atoms with Gasteiger partial charge in [-0.3, -0.25) is 9.59 Å². The van der Waals surface area contributed by atoms with Crippen molar-refractivity contribution in [2.24, 2.45) is 0 Å². The number of rotatable bonds is 2. The van der Waals surface area contributed by atoms with Crippen molar-refractivity contribution in [3.8, 4) is 5.75 Å². The number of benzene rings is 1. The lowest BCUT2D eigenvalue weighted by atomic mass is 9.91. The van der Waals surface area contributed by atoms with Gasteiger partial charge < -0.3 is 14.5 Å². The van der Waals surface area contributed by atoms with E-state index in [-0.39, 0.29) is 18.4 Å². The number of hydrogen-bond donors (Lipinski definition) is 0. The minimum Gasteiger partial charge on any atom is -0.483 e. The van der Waals surface area contributed by atoms with Crippen LogP contribution in [0.15, 0.2) is 24.3 Å². The SMILES string of the molecule is CC(=O)N1Cc2ccccc2OC2(CCCN(C(=O)Cn3nc(C)nc3C)C2)C1. The lowest BCUT2D eigenvalue weighted by molar-refractivity contribution is -0.140. The third-order valence-electron chi connectivity index (χ3n) is 5.72. The molecule has 1 spiro atoms. The number of fused-ring (bicyclic) bond motifs is 1. The van der Waals surface area contributed by atoms with Crippen molar-refractivity contribution < 1.29 is 14.3 Å². The summed E-state index contributed by atoms with van der Waals surface area (Å²) in [5, 5.41) is 4.30. The molecule has 0 bridgehead atoms. The van der Waals surface area contributed by atoms with E-state index in [0.717, 1.165) is 30.0 Å². The van der Waals surface area contributed by atoms with Gasteiger partial charge in [-0.1, -0.05) is 18.2 Å². The number of para-hydroxylation sites is 1. The van der Waals surface area contributed by atoms with Crippen LogP contribution in [0.5, 0.6) is 5.75 Å². The van der Waals surface area contributed by atoms with Gasteiger partial charge in [0.25, 0.3) is 0 Å². The quantitative estimate of drug-likeness (QED) is 0.771. The molecule has 0 saturated carbocycles. The smallest absolute Gasteiger partial charge is 0.244 e. The molecule has 154 valence electrons. The highest BCUT2D eigenvalue weighted by Gasteiger charge is 2.43. The van der Waals surface area contributed by atoms with E-state index in [2.05, 4.69) is 10.1 Å². The summed E-state index contributed by atoms with van der Waals surface area (Å²) in [5.41, 5.74) is 0.399. The van der Waals surface area contributed by atoms with Gasteiger partial charge in [-0.05, 0) is 32.8 Å². The van der Waals surface area contributed by atoms with Crippen molar-refractivity contribution >= 4 is 11.8 Å². The van der Waals surface area contributed by atoms with Gasteiger partial charge in [0.1, 0.15) is 29.5 Å². The van der Waals surface area contributed by atoms with Crippen molar-refractivity contribution in [3.05, 3.63) is 41.5 Å². The minimum absolute atomic E-state index is 0.00687.